The smallest absolute Gasteiger partial charge is 0.258 e. The molecule has 0 unspecified atom stereocenters. The minimum absolute atomic E-state index is 0.186. The zero-order valence-corrected chi connectivity index (χ0v) is 13.1. The number of nitrogens with zero attached hydrogens (tertiary/aromatic N) is 2. The number of nitro benzene ring substituents is 2. The molecule has 1 aromatic rings. The number of hydrogen-bond acceptors (Lipinski definition) is 5. The Kier molecular flexibility index (Phi) is 7.14. The molecule has 116 valence electrons. The Morgan fingerprint density at radius 2 is 1.86 bits per heavy atom. The predicted octanol–water partition coefficient (Wildman–Crippen LogP) is 4.95. The molecule has 1 aromatic carbocycles. The monoisotopic (exact) mass is 312 g/mol. The van der Waals surface area contributed by atoms with Gasteiger partial charge in [0.15, 0.2) is 0 Å². The number of non-ortho nitro benzene ring substituents is 1. The SMILES string of the molecule is CCCCCC[C@H](C)Sc1ccc([N+](=O)[O-])cc1[N+](=O)[O-]. The molecule has 0 aliphatic rings. The molecule has 1 atom stereocenters. The lowest BCUT2D eigenvalue weighted by molar-refractivity contribution is -0.396. The highest BCUT2D eigenvalue weighted by Crippen LogP contribution is 2.36. The van der Waals surface area contributed by atoms with Crippen molar-refractivity contribution in [3.63, 3.8) is 0 Å². The molecule has 0 N–H and O–H groups in total. The molecule has 0 amide bonds. The minimum Gasteiger partial charge on any atom is -0.258 e. The topological polar surface area (TPSA) is 86.3 Å². The van der Waals surface area contributed by atoms with Crippen LogP contribution >= 0.6 is 11.8 Å². The van der Waals surface area contributed by atoms with Crippen LogP contribution in [0.4, 0.5) is 11.4 Å². The summed E-state index contributed by atoms with van der Waals surface area (Å²) < 4.78 is 0. The van der Waals surface area contributed by atoms with Crippen LogP contribution in [0.5, 0.6) is 0 Å². The van der Waals surface area contributed by atoms with E-state index in [4.69, 9.17) is 0 Å². The summed E-state index contributed by atoms with van der Waals surface area (Å²) in [6.45, 7) is 4.18. The Bertz CT molecular complexity index is 508. The zero-order chi connectivity index (χ0) is 15.8. The Morgan fingerprint density at radius 1 is 1.14 bits per heavy atom. The van der Waals surface area contributed by atoms with Gasteiger partial charge in [0.1, 0.15) is 0 Å². The molecular weight excluding hydrogens is 292 g/mol. The van der Waals surface area contributed by atoms with Gasteiger partial charge >= 0.3 is 0 Å². The van der Waals surface area contributed by atoms with Crippen molar-refractivity contribution in [2.45, 2.75) is 56.1 Å². The summed E-state index contributed by atoms with van der Waals surface area (Å²) in [5.41, 5.74) is -0.434. The Hall–Kier alpha value is -1.63. The largest absolute Gasteiger partial charge is 0.289 e. The highest BCUT2D eigenvalue weighted by molar-refractivity contribution is 8.00. The molecule has 0 heterocycles. The van der Waals surface area contributed by atoms with Crippen molar-refractivity contribution < 1.29 is 9.85 Å². The van der Waals surface area contributed by atoms with Crippen LogP contribution in [-0.4, -0.2) is 15.1 Å². The molecule has 0 aromatic heterocycles. The highest BCUT2D eigenvalue weighted by Gasteiger charge is 2.21. The zero-order valence-electron chi connectivity index (χ0n) is 12.3. The molecule has 0 spiro atoms. The van der Waals surface area contributed by atoms with E-state index in [0.717, 1.165) is 18.9 Å². The van der Waals surface area contributed by atoms with Gasteiger partial charge in [0.25, 0.3) is 11.4 Å². The number of thioether (sulfide) groups is 1. The summed E-state index contributed by atoms with van der Waals surface area (Å²) in [5, 5.41) is 22.0. The standard InChI is InChI=1S/C14H20N2O4S/c1-3-4-5-6-7-11(2)21-14-9-8-12(15(17)18)10-13(14)16(19)20/h8-11H,3-7H2,1-2H3/t11-/m0/s1. The van der Waals surface area contributed by atoms with Crippen LogP contribution in [0.25, 0.3) is 0 Å². The second-order valence-corrected chi connectivity index (χ2v) is 6.42. The Morgan fingerprint density at radius 3 is 2.43 bits per heavy atom. The fourth-order valence-corrected chi connectivity index (χ4v) is 3.11. The van der Waals surface area contributed by atoms with Crippen molar-refractivity contribution in [2.24, 2.45) is 0 Å². The lowest BCUT2D eigenvalue weighted by Gasteiger charge is -2.11. The molecule has 0 aliphatic carbocycles. The van der Waals surface area contributed by atoms with Gasteiger partial charge in [-0.3, -0.25) is 20.2 Å². The molecule has 0 aliphatic heterocycles. The summed E-state index contributed by atoms with van der Waals surface area (Å²) in [6, 6.07) is 3.83. The van der Waals surface area contributed by atoms with E-state index >= 15 is 0 Å². The van der Waals surface area contributed by atoms with Crippen molar-refractivity contribution in [2.75, 3.05) is 0 Å². The maximum atomic E-state index is 11.0. The van der Waals surface area contributed by atoms with Crippen LogP contribution in [0.15, 0.2) is 23.1 Å². The van der Waals surface area contributed by atoms with E-state index in [0.29, 0.717) is 4.90 Å². The Balaban J connectivity index is 2.73. The third-order valence-corrected chi connectivity index (χ3v) is 4.38. The van der Waals surface area contributed by atoms with Crippen molar-refractivity contribution >= 4 is 23.1 Å². The number of nitro groups is 2. The fraction of sp³-hybridized carbons (Fsp3) is 0.571. The first kappa shape index (κ1) is 17.4. The first-order valence-corrected chi connectivity index (χ1v) is 7.93. The van der Waals surface area contributed by atoms with Crippen LogP contribution in [0.2, 0.25) is 0 Å². The van der Waals surface area contributed by atoms with E-state index in [2.05, 4.69) is 6.92 Å². The molecular formula is C14H20N2O4S. The van der Waals surface area contributed by atoms with E-state index in [9.17, 15) is 20.2 Å². The lowest BCUT2D eigenvalue weighted by atomic mass is 10.1. The van der Waals surface area contributed by atoms with Crippen LogP contribution < -0.4 is 0 Å². The quantitative estimate of drug-likeness (QED) is 0.278. The molecule has 0 radical (unpaired) electrons. The lowest BCUT2D eigenvalue weighted by Crippen LogP contribution is -1.99. The van der Waals surface area contributed by atoms with E-state index in [1.165, 1.54) is 43.2 Å². The summed E-state index contributed by atoms with van der Waals surface area (Å²) in [7, 11) is 0. The molecule has 1 rings (SSSR count). The normalized spacial score (nSPS) is 12.1. The summed E-state index contributed by atoms with van der Waals surface area (Å²) in [6.07, 6.45) is 5.63. The van der Waals surface area contributed by atoms with Crippen LogP contribution in [-0.2, 0) is 0 Å². The Labute approximate surface area is 128 Å². The van der Waals surface area contributed by atoms with Gasteiger partial charge in [-0.2, -0.15) is 0 Å². The predicted molar refractivity (Wildman–Crippen MR) is 83.8 cm³/mol. The molecule has 0 saturated carbocycles. The average molecular weight is 312 g/mol. The van der Waals surface area contributed by atoms with Crippen LogP contribution in [0, 0.1) is 20.2 Å². The van der Waals surface area contributed by atoms with Crippen molar-refractivity contribution in [3.8, 4) is 0 Å². The van der Waals surface area contributed by atoms with Gasteiger partial charge in [0.2, 0.25) is 0 Å². The maximum Gasteiger partial charge on any atom is 0.289 e. The number of unbranched alkanes of at least 4 members (excludes halogenated alkanes) is 3. The second-order valence-electron chi connectivity index (χ2n) is 4.94. The van der Waals surface area contributed by atoms with E-state index in [-0.39, 0.29) is 16.6 Å². The maximum absolute atomic E-state index is 11.0. The van der Waals surface area contributed by atoms with Crippen LogP contribution in [0.3, 0.4) is 0 Å². The molecule has 7 heteroatoms. The molecule has 6 nitrogen and oxygen atoms in total. The first-order valence-electron chi connectivity index (χ1n) is 7.05. The highest BCUT2D eigenvalue weighted by atomic mass is 32.2. The van der Waals surface area contributed by atoms with E-state index in [1.54, 1.807) is 0 Å². The summed E-state index contributed by atoms with van der Waals surface area (Å²) in [4.78, 5) is 21.1. The van der Waals surface area contributed by atoms with Crippen molar-refractivity contribution in [3.05, 3.63) is 38.4 Å². The summed E-state index contributed by atoms with van der Waals surface area (Å²) >= 11 is 1.41. The fourth-order valence-electron chi connectivity index (χ4n) is 2.00. The third-order valence-electron chi connectivity index (χ3n) is 3.14. The van der Waals surface area contributed by atoms with Gasteiger partial charge in [-0.1, -0.05) is 39.5 Å². The van der Waals surface area contributed by atoms with E-state index in [1.807, 2.05) is 6.92 Å². The number of benzene rings is 1. The number of hydrogen-bond donors (Lipinski definition) is 0. The number of rotatable bonds is 9. The molecule has 0 saturated heterocycles. The molecule has 0 bridgehead atoms. The first-order chi connectivity index (χ1) is 9.95. The van der Waals surface area contributed by atoms with Crippen molar-refractivity contribution in [1.82, 2.24) is 0 Å². The van der Waals surface area contributed by atoms with Gasteiger partial charge in [0, 0.05) is 11.3 Å². The second kappa shape index (κ2) is 8.61. The molecule has 0 fully saturated rings. The third kappa shape index (κ3) is 5.71. The average Bonchev–Trinajstić information content (AvgIpc) is 2.43. The van der Waals surface area contributed by atoms with Gasteiger partial charge in [0.05, 0.1) is 20.8 Å². The van der Waals surface area contributed by atoms with Gasteiger partial charge in [-0.25, -0.2) is 0 Å². The van der Waals surface area contributed by atoms with Gasteiger partial charge in [-0.05, 0) is 12.5 Å². The van der Waals surface area contributed by atoms with Crippen molar-refractivity contribution in [1.29, 1.82) is 0 Å². The summed E-state index contributed by atoms with van der Waals surface area (Å²) in [5.74, 6) is 0. The van der Waals surface area contributed by atoms with Crippen LogP contribution in [0.1, 0.15) is 46.0 Å². The minimum atomic E-state index is -0.615. The van der Waals surface area contributed by atoms with Gasteiger partial charge in [-0.15, -0.1) is 11.8 Å². The molecule has 21 heavy (non-hydrogen) atoms. The van der Waals surface area contributed by atoms with E-state index < -0.39 is 9.85 Å². The van der Waals surface area contributed by atoms with Gasteiger partial charge < -0.3 is 0 Å².